The largest absolute Gasteiger partial charge is 0.478 e. The van der Waals surface area contributed by atoms with Crippen LogP contribution in [0.15, 0.2) is 48.5 Å². The van der Waals surface area contributed by atoms with Gasteiger partial charge in [0.15, 0.2) is 12.5 Å². The molecule has 0 fully saturated rings. The molecule has 3 rings (SSSR count). The van der Waals surface area contributed by atoms with Gasteiger partial charge in [-0.1, -0.05) is 24.3 Å². The standard InChI is InChI=1S/C15H13NO4/c17-13-11-3-1-2-4-12(11)14(18)16(13)10-7-5-9(6-8-10)15(19)20/h1-8,13-14,17-18H,(H,19,20). The summed E-state index contributed by atoms with van der Waals surface area (Å²) in [5.41, 5.74) is 2.03. The first kappa shape index (κ1) is 12.7. The molecule has 1 aliphatic heterocycles. The average Bonchev–Trinajstić information content (AvgIpc) is 2.72. The number of fused-ring (bicyclic) bond motifs is 1. The van der Waals surface area contributed by atoms with Gasteiger partial charge in [0.2, 0.25) is 0 Å². The third kappa shape index (κ3) is 1.84. The summed E-state index contributed by atoms with van der Waals surface area (Å²) in [6.07, 6.45) is -1.89. The molecular weight excluding hydrogens is 258 g/mol. The molecule has 2 aromatic carbocycles. The predicted octanol–water partition coefficient (Wildman–Crippen LogP) is 1.89. The molecule has 1 aliphatic rings. The van der Waals surface area contributed by atoms with E-state index in [0.29, 0.717) is 16.8 Å². The van der Waals surface area contributed by atoms with Crippen LogP contribution in [0.3, 0.4) is 0 Å². The van der Waals surface area contributed by atoms with E-state index in [9.17, 15) is 15.0 Å². The Morgan fingerprint density at radius 1 is 0.900 bits per heavy atom. The van der Waals surface area contributed by atoms with Crippen molar-refractivity contribution < 1.29 is 20.1 Å². The Kier molecular flexibility index (Phi) is 2.93. The van der Waals surface area contributed by atoms with E-state index in [4.69, 9.17) is 5.11 Å². The maximum Gasteiger partial charge on any atom is 0.335 e. The molecule has 0 saturated heterocycles. The maximum absolute atomic E-state index is 10.8. The summed E-state index contributed by atoms with van der Waals surface area (Å²) in [4.78, 5) is 12.3. The minimum Gasteiger partial charge on any atom is -0.478 e. The first-order chi connectivity index (χ1) is 9.59. The van der Waals surface area contributed by atoms with E-state index in [0.717, 1.165) is 0 Å². The fraction of sp³-hybridized carbons (Fsp3) is 0.133. The van der Waals surface area contributed by atoms with Crippen LogP contribution in [0, 0.1) is 0 Å². The Morgan fingerprint density at radius 2 is 1.40 bits per heavy atom. The van der Waals surface area contributed by atoms with Gasteiger partial charge in [-0.25, -0.2) is 4.79 Å². The highest BCUT2D eigenvalue weighted by atomic mass is 16.4. The van der Waals surface area contributed by atoms with Crippen molar-refractivity contribution in [3.63, 3.8) is 0 Å². The van der Waals surface area contributed by atoms with E-state index in [1.54, 1.807) is 36.4 Å². The lowest BCUT2D eigenvalue weighted by atomic mass is 10.1. The Hall–Kier alpha value is -2.37. The fourth-order valence-corrected chi connectivity index (χ4v) is 2.47. The monoisotopic (exact) mass is 271 g/mol. The van der Waals surface area contributed by atoms with Gasteiger partial charge in [-0.05, 0) is 24.3 Å². The number of hydrogen-bond donors (Lipinski definition) is 3. The number of nitrogens with zero attached hydrogens (tertiary/aromatic N) is 1. The maximum atomic E-state index is 10.8. The van der Waals surface area contributed by atoms with Crippen LogP contribution >= 0.6 is 0 Å². The molecule has 0 spiro atoms. The topological polar surface area (TPSA) is 81.0 Å². The van der Waals surface area contributed by atoms with E-state index in [2.05, 4.69) is 0 Å². The van der Waals surface area contributed by atoms with Crippen LogP contribution in [0.5, 0.6) is 0 Å². The number of hydrogen-bond acceptors (Lipinski definition) is 4. The highest BCUT2D eigenvalue weighted by Crippen LogP contribution is 2.42. The molecule has 2 aromatic rings. The molecule has 2 unspecified atom stereocenters. The Bertz CT molecular complexity index is 624. The lowest BCUT2D eigenvalue weighted by Gasteiger charge is -2.26. The van der Waals surface area contributed by atoms with E-state index in [1.807, 2.05) is 0 Å². The van der Waals surface area contributed by atoms with Crippen LogP contribution in [0.25, 0.3) is 0 Å². The number of aliphatic hydroxyl groups is 2. The molecule has 102 valence electrons. The molecule has 20 heavy (non-hydrogen) atoms. The number of anilines is 1. The second kappa shape index (κ2) is 4.63. The Balaban J connectivity index is 1.98. The molecule has 5 heteroatoms. The zero-order valence-corrected chi connectivity index (χ0v) is 10.5. The molecule has 0 saturated carbocycles. The summed E-state index contributed by atoms with van der Waals surface area (Å²) in [6, 6.07) is 13.1. The van der Waals surface area contributed by atoms with Gasteiger partial charge >= 0.3 is 5.97 Å². The minimum atomic E-state index is -1.01. The highest BCUT2D eigenvalue weighted by molar-refractivity contribution is 5.88. The van der Waals surface area contributed by atoms with Crippen molar-refractivity contribution in [2.45, 2.75) is 12.5 Å². The van der Waals surface area contributed by atoms with Crippen molar-refractivity contribution >= 4 is 11.7 Å². The molecule has 0 amide bonds. The number of carboxylic acids is 1. The Morgan fingerprint density at radius 3 is 1.85 bits per heavy atom. The van der Waals surface area contributed by atoms with Gasteiger partial charge in [-0.15, -0.1) is 0 Å². The molecule has 0 aliphatic carbocycles. The van der Waals surface area contributed by atoms with Gasteiger partial charge in [0.25, 0.3) is 0 Å². The third-order valence-corrected chi connectivity index (χ3v) is 3.49. The predicted molar refractivity (Wildman–Crippen MR) is 72.2 cm³/mol. The Labute approximate surface area is 115 Å². The smallest absolute Gasteiger partial charge is 0.335 e. The number of carboxylic acid groups (broad SMARTS) is 1. The van der Waals surface area contributed by atoms with Crippen LogP contribution in [0.2, 0.25) is 0 Å². The number of rotatable bonds is 2. The van der Waals surface area contributed by atoms with Crippen molar-refractivity contribution in [2.24, 2.45) is 0 Å². The van der Waals surface area contributed by atoms with Crippen molar-refractivity contribution in [1.29, 1.82) is 0 Å². The van der Waals surface area contributed by atoms with E-state index < -0.39 is 18.4 Å². The van der Waals surface area contributed by atoms with Crippen LogP contribution < -0.4 is 4.90 Å². The molecule has 1 heterocycles. The summed E-state index contributed by atoms with van der Waals surface area (Å²) in [6.45, 7) is 0. The summed E-state index contributed by atoms with van der Waals surface area (Å²) >= 11 is 0. The first-order valence-electron chi connectivity index (χ1n) is 6.16. The van der Waals surface area contributed by atoms with Crippen molar-refractivity contribution in [1.82, 2.24) is 0 Å². The van der Waals surface area contributed by atoms with Crippen molar-refractivity contribution in [3.05, 3.63) is 65.2 Å². The van der Waals surface area contributed by atoms with E-state index >= 15 is 0 Å². The molecule has 0 aromatic heterocycles. The van der Waals surface area contributed by atoms with Crippen LogP contribution in [-0.4, -0.2) is 21.3 Å². The molecule has 2 atom stereocenters. The second-order valence-electron chi connectivity index (χ2n) is 4.64. The van der Waals surface area contributed by atoms with Gasteiger partial charge < -0.3 is 20.2 Å². The van der Waals surface area contributed by atoms with Crippen LogP contribution in [0.4, 0.5) is 5.69 Å². The van der Waals surface area contributed by atoms with E-state index in [-0.39, 0.29) is 5.56 Å². The van der Waals surface area contributed by atoms with Crippen molar-refractivity contribution in [2.75, 3.05) is 4.90 Å². The quantitative estimate of drug-likeness (QED) is 0.777. The summed E-state index contributed by atoms with van der Waals surface area (Å²) in [7, 11) is 0. The fourth-order valence-electron chi connectivity index (χ4n) is 2.47. The zero-order valence-electron chi connectivity index (χ0n) is 10.5. The van der Waals surface area contributed by atoms with Gasteiger partial charge in [0, 0.05) is 16.8 Å². The summed E-state index contributed by atoms with van der Waals surface area (Å²) < 4.78 is 0. The number of carbonyl (C=O) groups is 1. The number of aromatic carboxylic acids is 1. The zero-order chi connectivity index (χ0) is 14.3. The number of aliphatic hydroxyl groups excluding tert-OH is 2. The lowest BCUT2D eigenvalue weighted by molar-refractivity contribution is 0.0697. The minimum absolute atomic E-state index is 0.162. The van der Waals surface area contributed by atoms with Crippen molar-refractivity contribution in [3.8, 4) is 0 Å². The number of benzene rings is 2. The van der Waals surface area contributed by atoms with Gasteiger partial charge in [0.1, 0.15) is 0 Å². The summed E-state index contributed by atoms with van der Waals surface area (Å²) in [5, 5.41) is 29.5. The van der Waals surface area contributed by atoms with Gasteiger partial charge in [0.05, 0.1) is 5.56 Å². The molecule has 3 N–H and O–H groups in total. The summed E-state index contributed by atoms with van der Waals surface area (Å²) in [5.74, 6) is -1.01. The normalized spacial score (nSPS) is 20.8. The third-order valence-electron chi connectivity index (χ3n) is 3.49. The first-order valence-corrected chi connectivity index (χ1v) is 6.16. The molecule has 0 radical (unpaired) electrons. The second-order valence-corrected chi connectivity index (χ2v) is 4.64. The molecular formula is C15H13NO4. The van der Waals surface area contributed by atoms with Gasteiger partial charge in [-0.2, -0.15) is 0 Å². The SMILES string of the molecule is O=C(O)c1ccc(N2C(O)c3ccccc3C2O)cc1. The highest BCUT2D eigenvalue weighted by Gasteiger charge is 2.36. The van der Waals surface area contributed by atoms with E-state index in [1.165, 1.54) is 17.0 Å². The lowest BCUT2D eigenvalue weighted by Crippen LogP contribution is -2.25. The van der Waals surface area contributed by atoms with Crippen LogP contribution in [-0.2, 0) is 0 Å². The average molecular weight is 271 g/mol. The van der Waals surface area contributed by atoms with Gasteiger partial charge in [-0.3, -0.25) is 0 Å². The molecule has 5 nitrogen and oxygen atoms in total. The van der Waals surface area contributed by atoms with Crippen LogP contribution in [0.1, 0.15) is 33.9 Å². The molecule has 0 bridgehead atoms.